The summed E-state index contributed by atoms with van der Waals surface area (Å²) < 4.78 is 1.37. The Morgan fingerprint density at radius 3 is 2.18 bits per heavy atom. The average Bonchev–Trinajstić information content (AvgIpc) is 2.73. The third-order valence-electron chi connectivity index (χ3n) is 3.89. The molecule has 0 bridgehead atoms. The first kappa shape index (κ1) is 15.9. The van der Waals surface area contributed by atoms with Crippen LogP contribution in [0.5, 0.6) is 0 Å². The minimum atomic E-state index is -0.482. The summed E-state index contributed by atoms with van der Waals surface area (Å²) in [7, 11) is 0. The van der Waals surface area contributed by atoms with Gasteiger partial charge in [-0.25, -0.2) is 0 Å². The fourth-order valence-corrected chi connectivity index (χ4v) is 2.60. The van der Waals surface area contributed by atoms with Gasteiger partial charge in [0.15, 0.2) is 0 Å². The fraction of sp³-hybridized carbons (Fsp3) is 0.615. The third-order valence-corrected chi connectivity index (χ3v) is 3.89. The van der Waals surface area contributed by atoms with Crippen LogP contribution in [0.1, 0.15) is 18.3 Å². The van der Waals surface area contributed by atoms with Gasteiger partial charge >= 0.3 is 5.69 Å². The SMILES string of the molecule is CC(=O)N1CCN(C(=O)Cn2nc(C)c([N+](=O)[O-])c2C)CC1. The van der Waals surface area contributed by atoms with Crippen LogP contribution in [0, 0.1) is 24.0 Å². The van der Waals surface area contributed by atoms with Crippen molar-refractivity contribution in [3.05, 3.63) is 21.5 Å². The van der Waals surface area contributed by atoms with E-state index in [1.807, 2.05) is 0 Å². The number of carbonyl (C=O) groups excluding carboxylic acids is 2. The van der Waals surface area contributed by atoms with Gasteiger partial charge in [0.1, 0.15) is 17.9 Å². The van der Waals surface area contributed by atoms with Crippen LogP contribution in [0.25, 0.3) is 0 Å². The minimum absolute atomic E-state index is 0.00118. The van der Waals surface area contributed by atoms with Gasteiger partial charge in [0.05, 0.1) is 4.92 Å². The normalized spacial score (nSPS) is 15.0. The number of nitrogens with zero attached hydrogens (tertiary/aromatic N) is 5. The van der Waals surface area contributed by atoms with Gasteiger partial charge in [-0.1, -0.05) is 0 Å². The van der Waals surface area contributed by atoms with Crippen molar-refractivity contribution < 1.29 is 14.5 Å². The number of aromatic nitrogens is 2. The topological polar surface area (TPSA) is 102 Å². The van der Waals surface area contributed by atoms with E-state index in [4.69, 9.17) is 0 Å². The Balaban J connectivity index is 2.03. The zero-order valence-corrected chi connectivity index (χ0v) is 12.9. The first-order valence-electron chi connectivity index (χ1n) is 7.03. The number of aryl methyl sites for hydroxylation is 1. The lowest BCUT2D eigenvalue weighted by Gasteiger charge is -2.34. The highest BCUT2D eigenvalue weighted by Crippen LogP contribution is 2.21. The highest BCUT2D eigenvalue weighted by Gasteiger charge is 2.26. The zero-order valence-electron chi connectivity index (χ0n) is 12.9. The molecule has 0 aliphatic carbocycles. The molecule has 0 N–H and O–H groups in total. The van der Waals surface area contributed by atoms with E-state index in [0.29, 0.717) is 37.6 Å². The van der Waals surface area contributed by atoms with Gasteiger partial charge < -0.3 is 9.80 Å². The molecule has 9 heteroatoms. The lowest BCUT2D eigenvalue weighted by atomic mass is 10.3. The number of piperazine rings is 1. The maximum absolute atomic E-state index is 12.3. The van der Waals surface area contributed by atoms with Gasteiger partial charge in [0.2, 0.25) is 11.8 Å². The molecule has 22 heavy (non-hydrogen) atoms. The monoisotopic (exact) mass is 309 g/mol. The van der Waals surface area contributed by atoms with E-state index in [-0.39, 0.29) is 24.0 Å². The Morgan fingerprint density at radius 2 is 1.73 bits per heavy atom. The molecule has 2 heterocycles. The molecule has 1 saturated heterocycles. The predicted octanol–water partition coefficient (Wildman–Crippen LogP) is 0.0988. The Labute approximate surface area is 127 Å². The fourth-order valence-electron chi connectivity index (χ4n) is 2.60. The zero-order chi connectivity index (χ0) is 16.4. The van der Waals surface area contributed by atoms with E-state index in [0.717, 1.165) is 0 Å². The van der Waals surface area contributed by atoms with Crippen molar-refractivity contribution in [1.82, 2.24) is 19.6 Å². The number of rotatable bonds is 3. The molecular formula is C13H19N5O4. The summed E-state index contributed by atoms with van der Waals surface area (Å²) in [6.07, 6.45) is 0. The summed E-state index contributed by atoms with van der Waals surface area (Å²) in [5.74, 6) is -0.148. The molecular weight excluding hydrogens is 290 g/mol. The van der Waals surface area contributed by atoms with Crippen molar-refractivity contribution in [3.8, 4) is 0 Å². The second kappa shape index (κ2) is 6.12. The van der Waals surface area contributed by atoms with Gasteiger partial charge in [-0.15, -0.1) is 0 Å². The Morgan fingerprint density at radius 1 is 1.18 bits per heavy atom. The molecule has 0 radical (unpaired) electrons. The van der Waals surface area contributed by atoms with Crippen LogP contribution in [-0.4, -0.2) is 62.5 Å². The number of hydrogen-bond acceptors (Lipinski definition) is 5. The van der Waals surface area contributed by atoms with E-state index in [1.54, 1.807) is 23.6 Å². The first-order valence-corrected chi connectivity index (χ1v) is 7.03. The molecule has 1 aromatic heterocycles. The van der Waals surface area contributed by atoms with E-state index in [1.165, 1.54) is 11.6 Å². The second-order valence-electron chi connectivity index (χ2n) is 5.32. The van der Waals surface area contributed by atoms with Crippen LogP contribution in [0.2, 0.25) is 0 Å². The predicted molar refractivity (Wildman–Crippen MR) is 77.2 cm³/mol. The Hall–Kier alpha value is -2.45. The number of nitro groups is 1. The Bertz CT molecular complexity index is 616. The molecule has 0 aromatic carbocycles. The van der Waals surface area contributed by atoms with Crippen molar-refractivity contribution >= 4 is 17.5 Å². The molecule has 2 rings (SSSR count). The van der Waals surface area contributed by atoms with Gasteiger partial charge in [-0.2, -0.15) is 5.10 Å². The van der Waals surface area contributed by atoms with Crippen molar-refractivity contribution in [1.29, 1.82) is 0 Å². The van der Waals surface area contributed by atoms with Crippen LogP contribution < -0.4 is 0 Å². The highest BCUT2D eigenvalue weighted by atomic mass is 16.6. The molecule has 1 aromatic rings. The third kappa shape index (κ3) is 3.07. The largest absolute Gasteiger partial charge is 0.339 e. The molecule has 120 valence electrons. The van der Waals surface area contributed by atoms with E-state index >= 15 is 0 Å². The minimum Gasteiger partial charge on any atom is -0.339 e. The quantitative estimate of drug-likeness (QED) is 0.582. The lowest BCUT2D eigenvalue weighted by molar-refractivity contribution is -0.386. The molecule has 2 amide bonds. The van der Waals surface area contributed by atoms with Gasteiger partial charge in [0, 0.05) is 33.1 Å². The van der Waals surface area contributed by atoms with E-state index < -0.39 is 4.92 Å². The molecule has 0 unspecified atom stereocenters. The van der Waals surface area contributed by atoms with Gasteiger partial charge in [-0.05, 0) is 13.8 Å². The van der Waals surface area contributed by atoms with Crippen molar-refractivity contribution in [2.45, 2.75) is 27.3 Å². The molecule has 1 aliphatic heterocycles. The van der Waals surface area contributed by atoms with Crippen LogP contribution in [-0.2, 0) is 16.1 Å². The van der Waals surface area contributed by atoms with Crippen molar-refractivity contribution in [2.75, 3.05) is 26.2 Å². The Kier molecular flexibility index (Phi) is 4.43. The summed E-state index contributed by atoms with van der Waals surface area (Å²) in [5.41, 5.74) is 0.629. The molecule has 0 atom stereocenters. The van der Waals surface area contributed by atoms with Crippen LogP contribution in [0.3, 0.4) is 0 Å². The number of hydrogen-bond donors (Lipinski definition) is 0. The summed E-state index contributed by atoms with van der Waals surface area (Å²) in [4.78, 5) is 37.4. The maximum atomic E-state index is 12.3. The van der Waals surface area contributed by atoms with Crippen LogP contribution >= 0.6 is 0 Å². The molecule has 0 spiro atoms. The standard InChI is InChI=1S/C13H19N5O4/c1-9-13(18(21)22)10(2)17(14-9)8-12(20)16-6-4-15(5-7-16)11(3)19/h4-8H2,1-3H3. The van der Waals surface area contributed by atoms with Gasteiger partial charge in [-0.3, -0.25) is 24.4 Å². The van der Waals surface area contributed by atoms with Gasteiger partial charge in [0.25, 0.3) is 0 Å². The summed E-state index contributed by atoms with van der Waals surface area (Å²) >= 11 is 0. The van der Waals surface area contributed by atoms with E-state index in [9.17, 15) is 19.7 Å². The summed E-state index contributed by atoms with van der Waals surface area (Å²) in [5, 5.41) is 15.0. The average molecular weight is 309 g/mol. The highest BCUT2D eigenvalue weighted by molar-refractivity contribution is 5.77. The lowest BCUT2D eigenvalue weighted by Crippen LogP contribution is -2.50. The van der Waals surface area contributed by atoms with E-state index in [2.05, 4.69) is 5.10 Å². The molecule has 1 fully saturated rings. The molecule has 0 saturated carbocycles. The summed E-state index contributed by atoms with van der Waals surface area (Å²) in [6, 6.07) is 0. The maximum Gasteiger partial charge on any atom is 0.312 e. The number of amides is 2. The van der Waals surface area contributed by atoms with Crippen LogP contribution in [0.4, 0.5) is 5.69 Å². The van der Waals surface area contributed by atoms with Crippen molar-refractivity contribution in [2.24, 2.45) is 0 Å². The molecule has 9 nitrogen and oxygen atoms in total. The molecule has 1 aliphatic rings. The van der Waals surface area contributed by atoms with Crippen molar-refractivity contribution in [3.63, 3.8) is 0 Å². The second-order valence-corrected chi connectivity index (χ2v) is 5.32. The number of carbonyl (C=O) groups is 2. The smallest absolute Gasteiger partial charge is 0.312 e. The summed E-state index contributed by atoms with van der Waals surface area (Å²) in [6.45, 7) is 6.58. The first-order chi connectivity index (χ1) is 10.3. The van der Waals surface area contributed by atoms with Crippen LogP contribution in [0.15, 0.2) is 0 Å².